The maximum Gasteiger partial charge on any atom is 0.261 e. The number of rotatable bonds is 4. The second-order valence-corrected chi connectivity index (χ2v) is 6.59. The predicted molar refractivity (Wildman–Crippen MR) is 95.8 cm³/mol. The lowest BCUT2D eigenvalue weighted by Gasteiger charge is -2.09. The van der Waals surface area contributed by atoms with E-state index in [0.29, 0.717) is 11.4 Å². The van der Waals surface area contributed by atoms with Crippen LogP contribution in [0.1, 0.15) is 32.3 Å². The largest absolute Gasteiger partial charge is 0.496 e. The van der Waals surface area contributed by atoms with Crippen LogP contribution in [-0.2, 0) is 6.54 Å². The van der Waals surface area contributed by atoms with Crippen LogP contribution in [0.3, 0.4) is 0 Å². The summed E-state index contributed by atoms with van der Waals surface area (Å²) in [6.45, 7) is 6.18. The van der Waals surface area contributed by atoms with Crippen molar-refractivity contribution in [3.8, 4) is 5.75 Å². The minimum absolute atomic E-state index is 0.0986. The van der Waals surface area contributed by atoms with E-state index in [1.54, 1.807) is 7.11 Å². The van der Waals surface area contributed by atoms with Gasteiger partial charge in [-0.1, -0.05) is 18.2 Å². The van der Waals surface area contributed by atoms with Crippen LogP contribution in [0.15, 0.2) is 24.3 Å². The number of thiophene rings is 1. The minimum atomic E-state index is -0.0986. The highest BCUT2D eigenvalue weighted by molar-refractivity contribution is 7.20. The van der Waals surface area contributed by atoms with Gasteiger partial charge in [0.2, 0.25) is 0 Å². The number of aromatic nitrogens is 2. The summed E-state index contributed by atoms with van der Waals surface area (Å²) in [4.78, 5) is 23.0. The van der Waals surface area contributed by atoms with Crippen molar-refractivity contribution in [1.29, 1.82) is 0 Å². The third-order valence-electron chi connectivity index (χ3n) is 3.92. The van der Waals surface area contributed by atoms with E-state index in [4.69, 9.17) is 4.74 Å². The number of para-hydroxylation sites is 1. The van der Waals surface area contributed by atoms with Crippen molar-refractivity contribution in [2.75, 3.05) is 7.11 Å². The van der Waals surface area contributed by atoms with Crippen molar-refractivity contribution in [2.45, 2.75) is 27.3 Å². The van der Waals surface area contributed by atoms with Gasteiger partial charge < -0.3 is 10.1 Å². The molecule has 0 unspecified atom stereocenters. The van der Waals surface area contributed by atoms with Crippen LogP contribution in [-0.4, -0.2) is 23.0 Å². The average Bonchev–Trinajstić information content (AvgIpc) is 2.89. The molecule has 0 atom stereocenters. The second kappa shape index (κ2) is 6.57. The lowest BCUT2D eigenvalue weighted by molar-refractivity contribution is 0.0954. The van der Waals surface area contributed by atoms with E-state index in [9.17, 15) is 4.79 Å². The molecule has 3 rings (SSSR count). The van der Waals surface area contributed by atoms with Gasteiger partial charge in [0.1, 0.15) is 16.4 Å². The van der Waals surface area contributed by atoms with E-state index >= 15 is 0 Å². The first-order valence-electron chi connectivity index (χ1n) is 7.65. The Bertz CT molecular complexity index is 918. The molecule has 2 aromatic heterocycles. The molecule has 6 heteroatoms. The van der Waals surface area contributed by atoms with Crippen molar-refractivity contribution in [3.05, 3.63) is 51.8 Å². The third-order valence-corrected chi connectivity index (χ3v) is 5.11. The first kappa shape index (κ1) is 16.4. The summed E-state index contributed by atoms with van der Waals surface area (Å²) in [7, 11) is 1.63. The molecule has 1 N–H and O–H groups in total. The number of amides is 1. The molecule has 0 spiro atoms. The van der Waals surface area contributed by atoms with E-state index in [1.807, 2.05) is 45.0 Å². The van der Waals surface area contributed by atoms with Crippen LogP contribution < -0.4 is 10.1 Å². The SMILES string of the molecule is COc1ccccc1CNC(=O)c1sc2nc(C)nc(C)c2c1C. The Kier molecular flexibility index (Phi) is 4.49. The van der Waals surface area contributed by atoms with E-state index < -0.39 is 0 Å². The first-order chi connectivity index (χ1) is 11.5. The van der Waals surface area contributed by atoms with E-state index in [2.05, 4.69) is 15.3 Å². The van der Waals surface area contributed by atoms with E-state index in [0.717, 1.165) is 38.6 Å². The summed E-state index contributed by atoms with van der Waals surface area (Å²) in [5.41, 5.74) is 2.79. The number of hydrogen-bond acceptors (Lipinski definition) is 5. The maximum absolute atomic E-state index is 12.6. The maximum atomic E-state index is 12.6. The number of fused-ring (bicyclic) bond motifs is 1. The van der Waals surface area contributed by atoms with Crippen molar-refractivity contribution < 1.29 is 9.53 Å². The highest BCUT2D eigenvalue weighted by Gasteiger charge is 2.18. The number of hydrogen-bond donors (Lipinski definition) is 1. The van der Waals surface area contributed by atoms with Crippen LogP contribution in [0.2, 0.25) is 0 Å². The molecule has 3 aromatic rings. The molecule has 24 heavy (non-hydrogen) atoms. The van der Waals surface area contributed by atoms with Gasteiger partial charge in [0.15, 0.2) is 0 Å². The van der Waals surface area contributed by atoms with E-state index in [-0.39, 0.29) is 5.91 Å². The number of carbonyl (C=O) groups excluding carboxylic acids is 1. The number of aryl methyl sites for hydroxylation is 3. The van der Waals surface area contributed by atoms with Crippen molar-refractivity contribution in [1.82, 2.24) is 15.3 Å². The van der Waals surface area contributed by atoms with Gasteiger partial charge in [-0.15, -0.1) is 11.3 Å². The lowest BCUT2D eigenvalue weighted by Crippen LogP contribution is -2.22. The minimum Gasteiger partial charge on any atom is -0.496 e. The molecule has 124 valence electrons. The van der Waals surface area contributed by atoms with Gasteiger partial charge in [-0.3, -0.25) is 4.79 Å². The molecule has 1 aromatic carbocycles. The summed E-state index contributed by atoms with van der Waals surface area (Å²) >= 11 is 1.41. The smallest absolute Gasteiger partial charge is 0.261 e. The lowest BCUT2D eigenvalue weighted by atomic mass is 10.1. The predicted octanol–water partition coefficient (Wildman–Crippen LogP) is 3.56. The second-order valence-electron chi connectivity index (χ2n) is 5.59. The highest BCUT2D eigenvalue weighted by atomic mass is 32.1. The molecule has 0 saturated heterocycles. The topological polar surface area (TPSA) is 64.1 Å². The Balaban J connectivity index is 1.87. The van der Waals surface area contributed by atoms with Crippen molar-refractivity contribution >= 4 is 27.5 Å². The Labute approximate surface area is 144 Å². The molecular formula is C18H19N3O2S. The molecule has 0 saturated carbocycles. The Morgan fingerprint density at radius 1 is 1.21 bits per heavy atom. The summed E-state index contributed by atoms with van der Waals surface area (Å²) in [6.07, 6.45) is 0. The van der Waals surface area contributed by atoms with Gasteiger partial charge in [0.25, 0.3) is 5.91 Å². The normalized spacial score (nSPS) is 10.8. The zero-order chi connectivity index (χ0) is 17.3. The molecule has 0 aliphatic rings. The monoisotopic (exact) mass is 341 g/mol. The first-order valence-corrected chi connectivity index (χ1v) is 8.47. The number of benzene rings is 1. The molecule has 0 aliphatic carbocycles. The number of methoxy groups -OCH3 is 1. The van der Waals surface area contributed by atoms with Crippen molar-refractivity contribution in [3.63, 3.8) is 0 Å². The van der Waals surface area contributed by atoms with Gasteiger partial charge in [0.05, 0.1) is 12.0 Å². The number of ether oxygens (including phenoxy) is 1. The highest BCUT2D eigenvalue weighted by Crippen LogP contribution is 2.31. The number of nitrogens with one attached hydrogen (secondary N) is 1. The van der Waals surface area contributed by atoms with E-state index in [1.165, 1.54) is 11.3 Å². The molecule has 0 aliphatic heterocycles. The molecule has 2 heterocycles. The van der Waals surface area contributed by atoms with Gasteiger partial charge in [-0.05, 0) is 32.4 Å². The van der Waals surface area contributed by atoms with Gasteiger partial charge >= 0.3 is 0 Å². The van der Waals surface area contributed by atoms with Crippen LogP contribution in [0.25, 0.3) is 10.2 Å². The fourth-order valence-electron chi connectivity index (χ4n) is 2.80. The standard InChI is InChI=1S/C18H19N3O2S/c1-10-15-11(2)20-12(3)21-18(15)24-16(10)17(22)19-9-13-7-5-6-8-14(13)23-4/h5-8H,9H2,1-4H3,(H,19,22). The third kappa shape index (κ3) is 2.97. The Morgan fingerprint density at radius 2 is 1.96 bits per heavy atom. The molecular weight excluding hydrogens is 322 g/mol. The molecule has 5 nitrogen and oxygen atoms in total. The molecule has 0 radical (unpaired) electrons. The van der Waals surface area contributed by atoms with Gasteiger partial charge in [0, 0.05) is 23.2 Å². The zero-order valence-corrected chi connectivity index (χ0v) is 15.0. The van der Waals surface area contributed by atoms with Gasteiger partial charge in [-0.25, -0.2) is 9.97 Å². The summed E-state index contributed by atoms with van der Waals surface area (Å²) in [5, 5.41) is 3.95. The van der Waals surface area contributed by atoms with Crippen LogP contribution >= 0.6 is 11.3 Å². The molecule has 1 amide bonds. The molecule has 0 bridgehead atoms. The zero-order valence-electron chi connectivity index (χ0n) is 14.1. The van der Waals surface area contributed by atoms with Crippen LogP contribution in [0.4, 0.5) is 0 Å². The summed E-state index contributed by atoms with van der Waals surface area (Å²) in [6, 6.07) is 7.66. The van der Waals surface area contributed by atoms with Crippen LogP contribution in [0.5, 0.6) is 5.75 Å². The fourth-order valence-corrected chi connectivity index (χ4v) is 3.99. The van der Waals surface area contributed by atoms with Gasteiger partial charge in [-0.2, -0.15) is 0 Å². The Hall–Kier alpha value is -2.47. The quantitative estimate of drug-likeness (QED) is 0.788. The summed E-state index contributed by atoms with van der Waals surface area (Å²) in [5.74, 6) is 1.39. The number of nitrogens with zero attached hydrogens (tertiary/aromatic N) is 2. The van der Waals surface area contributed by atoms with Crippen LogP contribution in [0, 0.1) is 20.8 Å². The average molecular weight is 341 g/mol. The van der Waals surface area contributed by atoms with Crippen molar-refractivity contribution in [2.24, 2.45) is 0 Å². The fraction of sp³-hybridized carbons (Fsp3) is 0.278. The molecule has 0 fully saturated rings. The number of carbonyl (C=O) groups is 1. The Morgan fingerprint density at radius 3 is 2.71 bits per heavy atom. The summed E-state index contributed by atoms with van der Waals surface area (Å²) < 4.78 is 5.32.